The maximum Gasteiger partial charge on any atom is 0.255 e. The summed E-state index contributed by atoms with van der Waals surface area (Å²) in [5.74, 6) is -0.818. The van der Waals surface area contributed by atoms with Gasteiger partial charge >= 0.3 is 0 Å². The van der Waals surface area contributed by atoms with Crippen LogP contribution in [0.15, 0.2) is 18.2 Å². The van der Waals surface area contributed by atoms with Crippen LogP contribution in [0.25, 0.3) is 0 Å². The van der Waals surface area contributed by atoms with Gasteiger partial charge in [-0.15, -0.1) is 0 Å². The van der Waals surface area contributed by atoms with Gasteiger partial charge in [-0.3, -0.25) is 9.59 Å². The van der Waals surface area contributed by atoms with Crippen molar-refractivity contribution in [3.63, 3.8) is 0 Å². The zero-order chi connectivity index (χ0) is 14.6. The van der Waals surface area contributed by atoms with Crippen molar-refractivity contribution in [2.75, 3.05) is 13.6 Å². The van der Waals surface area contributed by atoms with Crippen molar-refractivity contribution in [2.45, 2.75) is 13.8 Å². The molecule has 0 aliphatic heterocycles. The van der Waals surface area contributed by atoms with Crippen LogP contribution >= 0.6 is 11.6 Å². The van der Waals surface area contributed by atoms with Crippen molar-refractivity contribution in [1.82, 2.24) is 10.6 Å². The summed E-state index contributed by atoms with van der Waals surface area (Å²) in [6.45, 7) is 3.59. The first-order valence-corrected chi connectivity index (χ1v) is 6.14. The Morgan fingerprint density at radius 3 is 2.53 bits per heavy atom. The summed E-state index contributed by atoms with van der Waals surface area (Å²) in [5, 5.41) is 15.1. The van der Waals surface area contributed by atoms with Crippen molar-refractivity contribution >= 4 is 23.4 Å². The first kappa shape index (κ1) is 15.3. The van der Waals surface area contributed by atoms with Crippen LogP contribution in [0.4, 0.5) is 0 Å². The number of carbonyl (C=O) groups is 2. The van der Waals surface area contributed by atoms with E-state index in [0.717, 1.165) is 0 Å². The molecule has 1 rings (SSSR count). The number of hydrogen-bond acceptors (Lipinski definition) is 3. The second-order valence-corrected chi connectivity index (χ2v) is 5.24. The molecular formula is C13H17ClN2O3. The third kappa shape index (κ3) is 3.86. The second kappa shape index (κ2) is 5.93. The summed E-state index contributed by atoms with van der Waals surface area (Å²) >= 11 is 5.69. The van der Waals surface area contributed by atoms with Crippen molar-refractivity contribution < 1.29 is 14.7 Å². The average Bonchev–Trinajstić information content (AvgIpc) is 2.35. The largest absolute Gasteiger partial charge is 0.507 e. The average molecular weight is 285 g/mol. The van der Waals surface area contributed by atoms with E-state index in [0.29, 0.717) is 5.02 Å². The van der Waals surface area contributed by atoms with Gasteiger partial charge in [0.2, 0.25) is 5.91 Å². The van der Waals surface area contributed by atoms with Crippen LogP contribution in [0.2, 0.25) is 5.02 Å². The molecule has 0 atom stereocenters. The third-order valence-corrected chi connectivity index (χ3v) is 2.97. The molecule has 0 fully saturated rings. The first-order valence-electron chi connectivity index (χ1n) is 5.77. The standard InChI is InChI=1S/C13H17ClN2O3/c1-13(2,12(19)15-3)7-16-11(18)9-5-4-8(14)6-10(9)17/h4-6,17H,7H2,1-3H3,(H,15,19)(H,16,18). The zero-order valence-electron chi connectivity index (χ0n) is 11.1. The summed E-state index contributed by atoms with van der Waals surface area (Å²) in [5.41, 5.74) is -0.607. The molecular weight excluding hydrogens is 268 g/mol. The van der Waals surface area contributed by atoms with Crippen LogP contribution in [-0.2, 0) is 4.79 Å². The Morgan fingerprint density at radius 2 is 2.00 bits per heavy atom. The van der Waals surface area contributed by atoms with E-state index in [2.05, 4.69) is 10.6 Å². The third-order valence-electron chi connectivity index (χ3n) is 2.74. The molecule has 0 radical (unpaired) electrons. The SMILES string of the molecule is CNC(=O)C(C)(C)CNC(=O)c1ccc(Cl)cc1O. The Balaban J connectivity index is 2.73. The maximum atomic E-state index is 11.9. The van der Waals surface area contributed by atoms with Gasteiger partial charge in [-0.2, -0.15) is 0 Å². The van der Waals surface area contributed by atoms with Gasteiger partial charge in [0.25, 0.3) is 5.91 Å². The fourth-order valence-electron chi connectivity index (χ4n) is 1.51. The molecule has 3 N–H and O–H groups in total. The predicted molar refractivity (Wildman–Crippen MR) is 73.3 cm³/mol. The van der Waals surface area contributed by atoms with E-state index in [-0.39, 0.29) is 23.8 Å². The van der Waals surface area contributed by atoms with Crippen LogP contribution in [-0.4, -0.2) is 30.5 Å². The molecule has 0 saturated heterocycles. The van der Waals surface area contributed by atoms with Gasteiger partial charge < -0.3 is 15.7 Å². The normalized spacial score (nSPS) is 10.9. The molecule has 0 aliphatic carbocycles. The number of phenols is 1. The summed E-state index contributed by atoms with van der Waals surface area (Å²) in [6, 6.07) is 4.24. The van der Waals surface area contributed by atoms with E-state index in [1.165, 1.54) is 25.2 Å². The highest BCUT2D eigenvalue weighted by Gasteiger charge is 2.27. The fraction of sp³-hybridized carbons (Fsp3) is 0.385. The Kier molecular flexibility index (Phi) is 4.78. The fourth-order valence-corrected chi connectivity index (χ4v) is 1.68. The van der Waals surface area contributed by atoms with Crippen molar-refractivity contribution in [2.24, 2.45) is 5.41 Å². The number of nitrogens with one attached hydrogen (secondary N) is 2. The van der Waals surface area contributed by atoms with Crippen molar-refractivity contribution in [3.05, 3.63) is 28.8 Å². The van der Waals surface area contributed by atoms with Crippen LogP contribution < -0.4 is 10.6 Å². The van der Waals surface area contributed by atoms with Crippen LogP contribution in [0.5, 0.6) is 5.75 Å². The van der Waals surface area contributed by atoms with Gasteiger partial charge in [0.1, 0.15) is 5.75 Å². The van der Waals surface area contributed by atoms with Crippen LogP contribution in [0.1, 0.15) is 24.2 Å². The lowest BCUT2D eigenvalue weighted by molar-refractivity contribution is -0.128. The molecule has 0 bridgehead atoms. The van der Waals surface area contributed by atoms with Crippen molar-refractivity contribution in [1.29, 1.82) is 0 Å². The molecule has 6 heteroatoms. The maximum absolute atomic E-state index is 11.9. The van der Waals surface area contributed by atoms with Crippen molar-refractivity contribution in [3.8, 4) is 5.75 Å². The number of benzene rings is 1. The highest BCUT2D eigenvalue weighted by molar-refractivity contribution is 6.30. The molecule has 1 aromatic rings. The number of halogens is 1. The summed E-state index contributed by atoms with van der Waals surface area (Å²) < 4.78 is 0. The van der Waals surface area contributed by atoms with Gasteiger partial charge in [-0.05, 0) is 32.0 Å². The number of aromatic hydroxyl groups is 1. The molecule has 0 aliphatic rings. The van der Waals surface area contributed by atoms with Crippen LogP contribution in [0.3, 0.4) is 0 Å². The van der Waals surface area contributed by atoms with Gasteiger partial charge in [-0.25, -0.2) is 0 Å². The minimum absolute atomic E-state index is 0.122. The summed E-state index contributed by atoms with van der Waals surface area (Å²) in [6.07, 6.45) is 0. The highest BCUT2D eigenvalue weighted by atomic mass is 35.5. The second-order valence-electron chi connectivity index (χ2n) is 4.81. The Morgan fingerprint density at radius 1 is 1.37 bits per heavy atom. The number of hydrogen-bond donors (Lipinski definition) is 3. The molecule has 2 amide bonds. The van der Waals surface area contributed by atoms with E-state index in [4.69, 9.17) is 11.6 Å². The molecule has 19 heavy (non-hydrogen) atoms. The quantitative estimate of drug-likeness (QED) is 0.785. The minimum atomic E-state index is -0.730. The Hall–Kier alpha value is -1.75. The van der Waals surface area contributed by atoms with E-state index in [1.807, 2.05) is 0 Å². The predicted octanol–water partition coefficient (Wildman–Crippen LogP) is 1.55. The smallest absolute Gasteiger partial charge is 0.255 e. The molecule has 5 nitrogen and oxygen atoms in total. The molecule has 0 saturated carbocycles. The number of phenolic OH excluding ortho intramolecular Hbond substituents is 1. The summed E-state index contributed by atoms with van der Waals surface area (Å²) in [7, 11) is 1.54. The van der Waals surface area contributed by atoms with Crippen LogP contribution in [0, 0.1) is 5.41 Å². The molecule has 1 aromatic carbocycles. The molecule has 104 valence electrons. The monoisotopic (exact) mass is 284 g/mol. The van der Waals surface area contributed by atoms with Gasteiger partial charge in [-0.1, -0.05) is 11.6 Å². The van der Waals surface area contributed by atoms with E-state index >= 15 is 0 Å². The molecule has 0 unspecified atom stereocenters. The molecule has 0 heterocycles. The number of amides is 2. The Labute approximate surface area is 117 Å². The number of carbonyl (C=O) groups excluding carboxylic acids is 2. The van der Waals surface area contributed by atoms with E-state index < -0.39 is 11.3 Å². The minimum Gasteiger partial charge on any atom is -0.507 e. The van der Waals surface area contributed by atoms with Gasteiger partial charge in [0, 0.05) is 18.6 Å². The lowest BCUT2D eigenvalue weighted by Crippen LogP contribution is -2.43. The molecule has 0 spiro atoms. The van der Waals surface area contributed by atoms with E-state index in [1.54, 1.807) is 13.8 Å². The lowest BCUT2D eigenvalue weighted by atomic mass is 9.92. The van der Waals surface area contributed by atoms with E-state index in [9.17, 15) is 14.7 Å². The summed E-state index contributed by atoms with van der Waals surface area (Å²) in [4.78, 5) is 23.5. The first-order chi connectivity index (χ1) is 8.77. The zero-order valence-corrected chi connectivity index (χ0v) is 11.8. The molecule has 0 aromatic heterocycles. The topological polar surface area (TPSA) is 78.4 Å². The number of rotatable bonds is 4. The Bertz CT molecular complexity index is 501. The van der Waals surface area contributed by atoms with Gasteiger partial charge in [0.05, 0.1) is 11.0 Å². The highest BCUT2D eigenvalue weighted by Crippen LogP contribution is 2.22. The van der Waals surface area contributed by atoms with Gasteiger partial charge in [0.15, 0.2) is 0 Å². The lowest BCUT2D eigenvalue weighted by Gasteiger charge is -2.22.